The minimum atomic E-state index is -3.33. The van der Waals surface area contributed by atoms with E-state index < -0.39 is 10.0 Å². The summed E-state index contributed by atoms with van der Waals surface area (Å²) in [4.78, 5) is 11.8. The first-order chi connectivity index (χ1) is 11.4. The summed E-state index contributed by atoms with van der Waals surface area (Å²) in [5.41, 5.74) is 0. The molecular weight excluding hydrogens is 332 g/mol. The number of amides is 1. The SMILES string of the molecule is CS(=O)(=O)N(CCNC(=O)COc1ccccc1)CC1CCCO1. The van der Waals surface area contributed by atoms with Crippen molar-refractivity contribution in [3.05, 3.63) is 30.3 Å². The van der Waals surface area contributed by atoms with E-state index in [9.17, 15) is 13.2 Å². The highest BCUT2D eigenvalue weighted by atomic mass is 32.2. The van der Waals surface area contributed by atoms with Gasteiger partial charge in [0, 0.05) is 26.2 Å². The Balaban J connectivity index is 1.72. The number of benzene rings is 1. The van der Waals surface area contributed by atoms with Crippen LogP contribution >= 0.6 is 0 Å². The Morgan fingerprint density at radius 3 is 2.75 bits per heavy atom. The van der Waals surface area contributed by atoms with Gasteiger partial charge in [-0.05, 0) is 25.0 Å². The van der Waals surface area contributed by atoms with E-state index in [0.717, 1.165) is 12.8 Å². The zero-order valence-corrected chi connectivity index (χ0v) is 14.6. The number of carbonyl (C=O) groups is 1. The fourth-order valence-corrected chi connectivity index (χ4v) is 3.30. The number of hydrogen-bond acceptors (Lipinski definition) is 5. The van der Waals surface area contributed by atoms with Crippen molar-refractivity contribution in [3.63, 3.8) is 0 Å². The highest BCUT2D eigenvalue weighted by Gasteiger charge is 2.24. The van der Waals surface area contributed by atoms with Gasteiger partial charge in [0.1, 0.15) is 5.75 Å². The number of hydrogen-bond donors (Lipinski definition) is 1. The first-order valence-corrected chi connectivity index (χ1v) is 9.81. The van der Waals surface area contributed by atoms with Gasteiger partial charge < -0.3 is 14.8 Å². The van der Waals surface area contributed by atoms with Gasteiger partial charge in [-0.3, -0.25) is 4.79 Å². The number of sulfonamides is 1. The summed E-state index contributed by atoms with van der Waals surface area (Å²) in [7, 11) is -3.33. The van der Waals surface area contributed by atoms with E-state index in [1.807, 2.05) is 18.2 Å². The van der Waals surface area contributed by atoms with E-state index in [1.165, 1.54) is 10.6 Å². The van der Waals surface area contributed by atoms with E-state index in [2.05, 4.69) is 5.32 Å². The van der Waals surface area contributed by atoms with Gasteiger partial charge in [-0.25, -0.2) is 8.42 Å². The first kappa shape index (κ1) is 18.7. The summed E-state index contributed by atoms with van der Waals surface area (Å²) in [6.07, 6.45) is 2.93. The normalized spacial score (nSPS) is 17.8. The molecule has 1 unspecified atom stereocenters. The topological polar surface area (TPSA) is 84.9 Å². The Morgan fingerprint density at radius 1 is 1.38 bits per heavy atom. The van der Waals surface area contributed by atoms with Crippen LogP contribution in [-0.4, -0.2) is 63.8 Å². The van der Waals surface area contributed by atoms with E-state index >= 15 is 0 Å². The largest absolute Gasteiger partial charge is 0.484 e. The predicted molar refractivity (Wildman–Crippen MR) is 90.3 cm³/mol. The van der Waals surface area contributed by atoms with Crippen molar-refractivity contribution in [3.8, 4) is 5.75 Å². The van der Waals surface area contributed by atoms with Crippen molar-refractivity contribution < 1.29 is 22.7 Å². The third-order valence-electron chi connectivity index (χ3n) is 3.70. The van der Waals surface area contributed by atoms with Crippen molar-refractivity contribution in [1.82, 2.24) is 9.62 Å². The number of rotatable bonds is 9. The molecule has 1 aromatic rings. The molecule has 1 amide bonds. The molecule has 0 aromatic heterocycles. The van der Waals surface area contributed by atoms with Crippen molar-refractivity contribution in [2.45, 2.75) is 18.9 Å². The molecule has 1 N–H and O–H groups in total. The molecule has 7 nitrogen and oxygen atoms in total. The van der Waals surface area contributed by atoms with Crippen LogP contribution in [-0.2, 0) is 19.6 Å². The standard InChI is InChI=1S/C16H24N2O5S/c1-24(20,21)18(12-15-8-5-11-22-15)10-9-17-16(19)13-23-14-6-3-2-4-7-14/h2-4,6-7,15H,5,8-13H2,1H3,(H,17,19). The molecule has 0 aliphatic carbocycles. The zero-order chi connectivity index (χ0) is 17.4. The number of nitrogens with one attached hydrogen (secondary N) is 1. The van der Waals surface area contributed by atoms with Crippen LogP contribution in [0.1, 0.15) is 12.8 Å². The molecule has 0 bridgehead atoms. The average molecular weight is 356 g/mol. The van der Waals surface area contributed by atoms with Gasteiger partial charge in [0.05, 0.1) is 12.4 Å². The molecule has 1 heterocycles. The smallest absolute Gasteiger partial charge is 0.257 e. The number of nitrogens with zero attached hydrogens (tertiary/aromatic N) is 1. The molecule has 1 aliphatic rings. The maximum absolute atomic E-state index is 11.8. The molecule has 1 atom stereocenters. The Labute approximate surface area is 143 Å². The van der Waals surface area contributed by atoms with E-state index in [0.29, 0.717) is 18.9 Å². The summed E-state index contributed by atoms with van der Waals surface area (Å²) in [6, 6.07) is 9.03. The fraction of sp³-hybridized carbons (Fsp3) is 0.562. The maximum Gasteiger partial charge on any atom is 0.257 e. The number of ether oxygens (including phenoxy) is 2. The highest BCUT2D eigenvalue weighted by Crippen LogP contribution is 2.14. The first-order valence-electron chi connectivity index (χ1n) is 7.96. The molecule has 24 heavy (non-hydrogen) atoms. The van der Waals surface area contributed by atoms with Gasteiger partial charge >= 0.3 is 0 Å². The Hall–Kier alpha value is -1.64. The van der Waals surface area contributed by atoms with Crippen LogP contribution in [0.3, 0.4) is 0 Å². The molecule has 134 valence electrons. The predicted octanol–water partition coefficient (Wildman–Crippen LogP) is 0.622. The van der Waals surface area contributed by atoms with Gasteiger partial charge in [0.25, 0.3) is 5.91 Å². The molecule has 8 heteroatoms. The van der Waals surface area contributed by atoms with Crippen LogP contribution in [0.4, 0.5) is 0 Å². The molecule has 1 fully saturated rings. The third-order valence-corrected chi connectivity index (χ3v) is 4.97. The molecule has 1 saturated heterocycles. The quantitative estimate of drug-likeness (QED) is 0.701. The van der Waals surface area contributed by atoms with Crippen LogP contribution in [0.5, 0.6) is 5.75 Å². The monoisotopic (exact) mass is 356 g/mol. The minimum Gasteiger partial charge on any atom is -0.484 e. The summed E-state index contributed by atoms with van der Waals surface area (Å²) >= 11 is 0. The summed E-state index contributed by atoms with van der Waals surface area (Å²) in [5.74, 6) is 0.327. The highest BCUT2D eigenvalue weighted by molar-refractivity contribution is 7.88. The molecular formula is C16H24N2O5S. The second kappa shape index (κ2) is 9.00. The minimum absolute atomic E-state index is 0.0585. The molecule has 0 spiro atoms. The maximum atomic E-state index is 11.8. The molecule has 0 radical (unpaired) electrons. The number of carbonyl (C=O) groups excluding carboxylic acids is 1. The van der Waals surface area contributed by atoms with Crippen LogP contribution in [0.15, 0.2) is 30.3 Å². The van der Waals surface area contributed by atoms with Gasteiger partial charge in [-0.2, -0.15) is 4.31 Å². The van der Waals surface area contributed by atoms with Gasteiger partial charge in [-0.15, -0.1) is 0 Å². The second-order valence-electron chi connectivity index (χ2n) is 5.71. The van der Waals surface area contributed by atoms with Crippen LogP contribution < -0.4 is 10.1 Å². The van der Waals surface area contributed by atoms with E-state index in [4.69, 9.17) is 9.47 Å². The lowest BCUT2D eigenvalue weighted by Gasteiger charge is -2.23. The third kappa shape index (κ3) is 6.46. The lowest BCUT2D eigenvalue weighted by molar-refractivity contribution is -0.123. The van der Waals surface area contributed by atoms with Crippen LogP contribution in [0.25, 0.3) is 0 Å². The molecule has 1 aromatic carbocycles. The Morgan fingerprint density at radius 2 is 2.12 bits per heavy atom. The lowest BCUT2D eigenvalue weighted by Crippen LogP contribution is -2.42. The second-order valence-corrected chi connectivity index (χ2v) is 7.69. The molecule has 0 saturated carbocycles. The Bertz CT molecular complexity index is 615. The van der Waals surface area contributed by atoms with Crippen molar-refractivity contribution >= 4 is 15.9 Å². The van der Waals surface area contributed by atoms with Gasteiger partial charge in [0.2, 0.25) is 10.0 Å². The zero-order valence-electron chi connectivity index (χ0n) is 13.8. The number of para-hydroxylation sites is 1. The fourth-order valence-electron chi connectivity index (χ4n) is 2.44. The van der Waals surface area contributed by atoms with E-state index in [-0.39, 0.29) is 31.7 Å². The van der Waals surface area contributed by atoms with Gasteiger partial charge in [0.15, 0.2) is 6.61 Å². The van der Waals surface area contributed by atoms with Crippen molar-refractivity contribution in [1.29, 1.82) is 0 Å². The van der Waals surface area contributed by atoms with Crippen LogP contribution in [0.2, 0.25) is 0 Å². The average Bonchev–Trinajstić information content (AvgIpc) is 3.05. The van der Waals surface area contributed by atoms with Crippen molar-refractivity contribution in [2.75, 3.05) is 39.1 Å². The molecule has 1 aliphatic heterocycles. The summed E-state index contributed by atoms with van der Waals surface area (Å²) in [6.45, 7) is 1.35. The van der Waals surface area contributed by atoms with E-state index in [1.54, 1.807) is 12.1 Å². The van der Waals surface area contributed by atoms with Crippen LogP contribution in [0, 0.1) is 0 Å². The Kier molecular flexibility index (Phi) is 7.01. The lowest BCUT2D eigenvalue weighted by atomic mass is 10.2. The summed E-state index contributed by atoms with van der Waals surface area (Å²) in [5, 5.41) is 2.67. The molecule has 2 rings (SSSR count). The van der Waals surface area contributed by atoms with Crippen molar-refractivity contribution in [2.24, 2.45) is 0 Å². The van der Waals surface area contributed by atoms with Gasteiger partial charge in [-0.1, -0.05) is 18.2 Å². The summed E-state index contributed by atoms with van der Waals surface area (Å²) < 4.78 is 35.8.